The number of hydrogen-bond acceptors (Lipinski definition) is 3. The number of nitrogens with one attached hydrogen (secondary N) is 1. The summed E-state index contributed by atoms with van der Waals surface area (Å²) in [4.78, 5) is 13.7. The second kappa shape index (κ2) is 7.13. The van der Waals surface area contributed by atoms with Crippen LogP contribution in [-0.2, 0) is 11.3 Å². The molecule has 5 heteroatoms. The van der Waals surface area contributed by atoms with E-state index in [4.69, 9.17) is 4.42 Å². The quantitative estimate of drug-likeness (QED) is 0.789. The van der Waals surface area contributed by atoms with Gasteiger partial charge in [0, 0.05) is 14.1 Å². The molecule has 0 aromatic carbocycles. The summed E-state index contributed by atoms with van der Waals surface area (Å²) in [6.07, 6.45) is 0.828. The zero-order chi connectivity index (χ0) is 13.7. The average Bonchev–Trinajstić information content (AvgIpc) is 2.68. The van der Waals surface area contributed by atoms with Crippen LogP contribution in [0.15, 0.2) is 16.5 Å². The van der Waals surface area contributed by atoms with Crippen molar-refractivity contribution < 1.29 is 9.21 Å². The molecule has 4 nitrogen and oxygen atoms in total. The van der Waals surface area contributed by atoms with Gasteiger partial charge in [0.05, 0.1) is 12.6 Å². The lowest BCUT2D eigenvalue weighted by molar-refractivity contribution is -0.131. The third-order valence-electron chi connectivity index (χ3n) is 2.60. The number of likely N-dealkylation sites (N-methyl/N-ethyl adjacent to an activating group) is 1. The van der Waals surface area contributed by atoms with E-state index in [1.54, 1.807) is 19.0 Å². The predicted molar refractivity (Wildman–Crippen MR) is 80.2 cm³/mol. The van der Waals surface area contributed by atoms with Crippen LogP contribution >= 0.6 is 22.6 Å². The summed E-state index contributed by atoms with van der Waals surface area (Å²) in [5, 5.41) is 3.27. The number of nitrogens with zero attached hydrogens (tertiary/aromatic N) is 1. The molecule has 0 aliphatic heterocycles. The first kappa shape index (κ1) is 15.5. The average molecular weight is 364 g/mol. The molecular weight excluding hydrogens is 343 g/mol. The first-order valence-corrected chi connectivity index (χ1v) is 7.16. The van der Waals surface area contributed by atoms with Crippen LogP contribution in [0.5, 0.6) is 0 Å². The molecule has 18 heavy (non-hydrogen) atoms. The first-order valence-electron chi connectivity index (χ1n) is 6.09. The summed E-state index contributed by atoms with van der Waals surface area (Å²) in [5.41, 5.74) is 0. The topological polar surface area (TPSA) is 45.5 Å². The van der Waals surface area contributed by atoms with Crippen molar-refractivity contribution in [3.8, 4) is 0 Å². The Kier molecular flexibility index (Phi) is 6.14. The molecule has 0 fully saturated rings. The van der Waals surface area contributed by atoms with Gasteiger partial charge in [-0.1, -0.05) is 13.8 Å². The van der Waals surface area contributed by atoms with E-state index in [-0.39, 0.29) is 11.9 Å². The summed E-state index contributed by atoms with van der Waals surface area (Å²) in [6, 6.07) is 3.70. The van der Waals surface area contributed by atoms with Crippen molar-refractivity contribution in [2.45, 2.75) is 32.9 Å². The maximum atomic E-state index is 12.0. The van der Waals surface area contributed by atoms with E-state index in [1.165, 1.54) is 0 Å². The Balaban J connectivity index is 2.58. The number of amides is 1. The van der Waals surface area contributed by atoms with Crippen molar-refractivity contribution in [1.82, 2.24) is 10.2 Å². The maximum Gasteiger partial charge on any atom is 0.239 e. The summed E-state index contributed by atoms with van der Waals surface area (Å²) in [7, 11) is 3.57. The van der Waals surface area contributed by atoms with E-state index in [1.807, 2.05) is 12.1 Å². The van der Waals surface area contributed by atoms with E-state index in [2.05, 4.69) is 41.8 Å². The molecule has 0 aliphatic rings. The minimum atomic E-state index is -0.150. The monoisotopic (exact) mass is 364 g/mol. The molecule has 1 heterocycles. The number of halogens is 1. The molecule has 1 atom stereocenters. The first-order chi connectivity index (χ1) is 8.40. The van der Waals surface area contributed by atoms with E-state index in [0.717, 1.165) is 15.9 Å². The van der Waals surface area contributed by atoms with Crippen molar-refractivity contribution in [3.63, 3.8) is 0 Å². The van der Waals surface area contributed by atoms with Gasteiger partial charge in [-0.15, -0.1) is 0 Å². The smallest absolute Gasteiger partial charge is 0.239 e. The van der Waals surface area contributed by atoms with Crippen molar-refractivity contribution in [2.75, 3.05) is 14.1 Å². The minimum absolute atomic E-state index is 0.116. The Morgan fingerprint density at radius 3 is 2.56 bits per heavy atom. The fraction of sp³-hybridized carbons (Fsp3) is 0.615. The molecule has 1 rings (SSSR count). The second-order valence-electron chi connectivity index (χ2n) is 5.00. The molecule has 0 saturated heterocycles. The maximum absolute atomic E-state index is 12.0. The number of hydrogen-bond donors (Lipinski definition) is 1. The van der Waals surface area contributed by atoms with Crippen molar-refractivity contribution in [1.29, 1.82) is 0 Å². The minimum Gasteiger partial charge on any atom is -0.454 e. The van der Waals surface area contributed by atoms with Gasteiger partial charge < -0.3 is 9.32 Å². The highest BCUT2D eigenvalue weighted by Crippen LogP contribution is 2.12. The molecule has 1 aromatic heterocycles. The Bertz CT molecular complexity index is 388. The van der Waals surface area contributed by atoms with Gasteiger partial charge in [-0.25, -0.2) is 0 Å². The van der Waals surface area contributed by atoms with Crippen molar-refractivity contribution in [3.05, 3.63) is 21.7 Å². The molecule has 0 radical (unpaired) electrons. The second-order valence-corrected chi connectivity index (χ2v) is 6.06. The molecule has 1 N–H and O–H groups in total. The number of carbonyl (C=O) groups excluding carboxylic acids is 1. The zero-order valence-corrected chi connectivity index (χ0v) is 13.5. The predicted octanol–water partition coefficient (Wildman–Crippen LogP) is 2.48. The van der Waals surface area contributed by atoms with Gasteiger partial charge in [0.1, 0.15) is 5.76 Å². The van der Waals surface area contributed by atoms with Crippen LogP contribution in [0, 0.1) is 9.68 Å². The molecule has 1 unspecified atom stereocenters. The van der Waals surface area contributed by atoms with Crippen LogP contribution in [0.2, 0.25) is 0 Å². The summed E-state index contributed by atoms with van der Waals surface area (Å²) >= 11 is 2.13. The Morgan fingerprint density at radius 2 is 2.11 bits per heavy atom. The zero-order valence-electron chi connectivity index (χ0n) is 11.4. The summed E-state index contributed by atoms with van der Waals surface area (Å²) in [5.74, 6) is 1.45. The van der Waals surface area contributed by atoms with Gasteiger partial charge in [0.25, 0.3) is 0 Å². The fourth-order valence-corrected chi connectivity index (χ4v) is 2.19. The highest BCUT2D eigenvalue weighted by atomic mass is 127. The van der Waals surface area contributed by atoms with Crippen LogP contribution in [0.4, 0.5) is 0 Å². The molecule has 0 aliphatic carbocycles. The lowest BCUT2D eigenvalue weighted by Crippen LogP contribution is -2.44. The van der Waals surface area contributed by atoms with Crippen molar-refractivity contribution >= 4 is 28.5 Å². The molecular formula is C13H21IN2O2. The van der Waals surface area contributed by atoms with E-state index < -0.39 is 0 Å². The third kappa shape index (κ3) is 4.97. The third-order valence-corrected chi connectivity index (χ3v) is 3.18. The highest BCUT2D eigenvalue weighted by Gasteiger charge is 2.21. The molecule has 1 amide bonds. The summed E-state index contributed by atoms with van der Waals surface area (Å²) < 4.78 is 6.34. The number of furan rings is 1. The number of carbonyl (C=O) groups is 1. The molecule has 0 spiro atoms. The van der Waals surface area contributed by atoms with Crippen LogP contribution in [0.25, 0.3) is 0 Å². The number of rotatable bonds is 6. The molecule has 102 valence electrons. The summed E-state index contributed by atoms with van der Waals surface area (Å²) in [6.45, 7) is 4.82. The highest BCUT2D eigenvalue weighted by molar-refractivity contribution is 14.1. The van der Waals surface area contributed by atoms with Gasteiger partial charge in [0.15, 0.2) is 3.77 Å². The lowest BCUT2D eigenvalue weighted by Gasteiger charge is -2.22. The van der Waals surface area contributed by atoms with Gasteiger partial charge >= 0.3 is 0 Å². The molecule has 0 saturated carbocycles. The Hall–Kier alpha value is -0.560. The SMILES string of the molecule is CC(C)CC(NCc1ccc(I)o1)C(=O)N(C)C. The standard InChI is InChI=1S/C13H21IN2O2/c1-9(2)7-11(13(17)16(3)4)15-8-10-5-6-12(14)18-10/h5-6,9,11,15H,7-8H2,1-4H3. The van der Waals surface area contributed by atoms with E-state index >= 15 is 0 Å². The van der Waals surface area contributed by atoms with Crippen molar-refractivity contribution in [2.24, 2.45) is 5.92 Å². The lowest BCUT2D eigenvalue weighted by atomic mass is 10.0. The Morgan fingerprint density at radius 1 is 1.44 bits per heavy atom. The Labute approximate surface area is 122 Å². The normalized spacial score (nSPS) is 12.8. The van der Waals surface area contributed by atoms with Gasteiger partial charge in [-0.3, -0.25) is 10.1 Å². The largest absolute Gasteiger partial charge is 0.454 e. The molecule has 1 aromatic rings. The fourth-order valence-electron chi connectivity index (χ4n) is 1.73. The van der Waals surface area contributed by atoms with Crippen LogP contribution < -0.4 is 5.32 Å². The van der Waals surface area contributed by atoms with Gasteiger partial charge in [0.2, 0.25) is 5.91 Å². The van der Waals surface area contributed by atoms with Crippen LogP contribution in [0.3, 0.4) is 0 Å². The molecule has 0 bridgehead atoms. The van der Waals surface area contributed by atoms with Gasteiger partial charge in [-0.2, -0.15) is 0 Å². The van der Waals surface area contributed by atoms with Crippen LogP contribution in [-0.4, -0.2) is 30.9 Å². The van der Waals surface area contributed by atoms with E-state index in [9.17, 15) is 4.79 Å². The van der Waals surface area contributed by atoms with Crippen LogP contribution in [0.1, 0.15) is 26.0 Å². The van der Waals surface area contributed by atoms with Gasteiger partial charge in [-0.05, 0) is 47.1 Å². The van der Waals surface area contributed by atoms with E-state index in [0.29, 0.717) is 12.5 Å².